The molecule has 1 saturated heterocycles. The molecule has 0 radical (unpaired) electrons. The summed E-state index contributed by atoms with van der Waals surface area (Å²) in [5.74, 6) is -0.867. The number of hydrogen-bond acceptors (Lipinski definition) is 5. The third-order valence-electron chi connectivity index (χ3n) is 4.85. The van der Waals surface area contributed by atoms with E-state index in [1.807, 2.05) is 31.2 Å². The number of benzene rings is 1. The lowest BCUT2D eigenvalue weighted by Gasteiger charge is -2.16. The Kier molecular flexibility index (Phi) is 4.65. The molecule has 8 heteroatoms. The van der Waals surface area contributed by atoms with Gasteiger partial charge in [0.05, 0.1) is 11.6 Å². The fourth-order valence-electron chi connectivity index (χ4n) is 3.35. The summed E-state index contributed by atoms with van der Waals surface area (Å²) in [5, 5.41) is 6.04. The summed E-state index contributed by atoms with van der Waals surface area (Å²) in [5.41, 5.74) is 2.65. The van der Waals surface area contributed by atoms with E-state index in [1.54, 1.807) is 4.90 Å². The van der Waals surface area contributed by atoms with E-state index in [0.717, 1.165) is 23.4 Å². The van der Waals surface area contributed by atoms with Crippen LogP contribution in [0.2, 0.25) is 0 Å². The van der Waals surface area contributed by atoms with E-state index in [2.05, 4.69) is 15.6 Å². The Morgan fingerprint density at radius 3 is 2.85 bits per heavy atom. The zero-order valence-corrected chi connectivity index (χ0v) is 15.8. The summed E-state index contributed by atoms with van der Waals surface area (Å²) in [7, 11) is 0. The van der Waals surface area contributed by atoms with Gasteiger partial charge in [0, 0.05) is 25.2 Å². The van der Waals surface area contributed by atoms with Crippen LogP contribution in [0.3, 0.4) is 0 Å². The van der Waals surface area contributed by atoms with Gasteiger partial charge in [0.25, 0.3) is 5.91 Å². The van der Waals surface area contributed by atoms with Gasteiger partial charge in [-0.1, -0.05) is 29.0 Å². The molecular weight excluding hydrogens is 364 g/mol. The molecule has 1 aromatic carbocycles. The first-order valence-electron chi connectivity index (χ1n) is 8.97. The van der Waals surface area contributed by atoms with Gasteiger partial charge in [-0.05, 0) is 31.9 Å². The van der Waals surface area contributed by atoms with E-state index in [4.69, 9.17) is 0 Å². The van der Waals surface area contributed by atoms with Crippen LogP contribution >= 0.6 is 11.3 Å². The molecule has 2 N–H and O–H groups in total. The zero-order chi connectivity index (χ0) is 19.0. The van der Waals surface area contributed by atoms with Crippen molar-refractivity contribution >= 4 is 39.9 Å². The number of nitrogens with zero attached hydrogens (tertiary/aromatic N) is 2. The number of rotatable bonds is 3. The van der Waals surface area contributed by atoms with Crippen LogP contribution < -0.4 is 15.5 Å². The van der Waals surface area contributed by atoms with Gasteiger partial charge in [0.15, 0.2) is 5.13 Å². The number of amides is 3. The van der Waals surface area contributed by atoms with Gasteiger partial charge in [-0.3, -0.25) is 14.4 Å². The second-order valence-electron chi connectivity index (χ2n) is 6.88. The van der Waals surface area contributed by atoms with E-state index in [-0.39, 0.29) is 24.1 Å². The number of nitrogens with one attached hydrogen (secondary N) is 2. The molecule has 2 aliphatic heterocycles. The van der Waals surface area contributed by atoms with Gasteiger partial charge in [0.1, 0.15) is 4.88 Å². The van der Waals surface area contributed by atoms with Gasteiger partial charge in [-0.2, -0.15) is 0 Å². The highest BCUT2D eigenvalue weighted by Gasteiger charge is 2.35. The average Bonchev–Trinajstić information content (AvgIpc) is 3.18. The molecule has 0 bridgehead atoms. The van der Waals surface area contributed by atoms with Crippen molar-refractivity contribution in [2.75, 3.05) is 23.3 Å². The lowest BCUT2D eigenvalue weighted by atomic mass is 10.1. The summed E-state index contributed by atoms with van der Waals surface area (Å²) in [6.07, 6.45) is 1.72. The molecule has 2 aliphatic rings. The van der Waals surface area contributed by atoms with Gasteiger partial charge in [0.2, 0.25) is 11.8 Å². The molecular formula is C19H20N4O3S. The van der Waals surface area contributed by atoms with Gasteiger partial charge in [-0.15, -0.1) is 0 Å². The van der Waals surface area contributed by atoms with E-state index in [0.29, 0.717) is 29.5 Å². The highest BCUT2D eigenvalue weighted by Crippen LogP contribution is 2.29. The Morgan fingerprint density at radius 1 is 1.30 bits per heavy atom. The minimum absolute atomic E-state index is 0.0618. The lowest BCUT2D eigenvalue weighted by molar-refractivity contribution is -0.122. The summed E-state index contributed by atoms with van der Waals surface area (Å²) in [6.45, 7) is 2.98. The van der Waals surface area contributed by atoms with Crippen LogP contribution in [0.25, 0.3) is 0 Å². The van der Waals surface area contributed by atoms with Crippen molar-refractivity contribution in [3.8, 4) is 0 Å². The topological polar surface area (TPSA) is 91.4 Å². The molecule has 1 fully saturated rings. The smallest absolute Gasteiger partial charge is 0.263 e. The molecule has 0 aliphatic carbocycles. The molecule has 0 saturated carbocycles. The van der Waals surface area contributed by atoms with E-state index < -0.39 is 5.92 Å². The van der Waals surface area contributed by atoms with Gasteiger partial charge >= 0.3 is 0 Å². The van der Waals surface area contributed by atoms with Crippen LogP contribution in [0.1, 0.15) is 33.8 Å². The summed E-state index contributed by atoms with van der Waals surface area (Å²) < 4.78 is 0. The minimum atomic E-state index is -0.434. The molecule has 140 valence electrons. The van der Waals surface area contributed by atoms with Crippen LogP contribution in [0.4, 0.5) is 10.8 Å². The Morgan fingerprint density at radius 2 is 2.07 bits per heavy atom. The molecule has 7 nitrogen and oxygen atoms in total. The standard InChI is InChI=1S/C19H20N4O3S/c1-11-4-6-13(7-5-11)23-10-12(9-15(23)24)17(25)22-19-21-14-3-2-8-20-18(26)16(14)27-19/h4-7,12H,2-3,8-10H2,1H3,(H,20,26)(H,21,22,25). The fourth-order valence-corrected chi connectivity index (χ4v) is 4.29. The minimum Gasteiger partial charge on any atom is -0.351 e. The first-order chi connectivity index (χ1) is 13.0. The molecule has 3 heterocycles. The van der Waals surface area contributed by atoms with Crippen molar-refractivity contribution in [3.05, 3.63) is 40.4 Å². The highest BCUT2D eigenvalue weighted by molar-refractivity contribution is 7.17. The van der Waals surface area contributed by atoms with Crippen LogP contribution in [0.15, 0.2) is 24.3 Å². The number of hydrogen-bond donors (Lipinski definition) is 2. The molecule has 1 atom stereocenters. The first-order valence-corrected chi connectivity index (χ1v) is 9.78. The van der Waals surface area contributed by atoms with Gasteiger partial charge in [-0.25, -0.2) is 4.98 Å². The largest absolute Gasteiger partial charge is 0.351 e. The molecule has 1 aromatic heterocycles. The van der Waals surface area contributed by atoms with Crippen molar-refractivity contribution in [3.63, 3.8) is 0 Å². The quantitative estimate of drug-likeness (QED) is 0.848. The van der Waals surface area contributed by atoms with Crippen LogP contribution in [-0.2, 0) is 16.0 Å². The molecule has 1 unspecified atom stereocenters. The predicted molar refractivity (Wildman–Crippen MR) is 103 cm³/mol. The number of thiazole rings is 1. The average molecular weight is 384 g/mol. The second-order valence-corrected chi connectivity index (χ2v) is 7.88. The maximum atomic E-state index is 12.6. The molecule has 27 heavy (non-hydrogen) atoms. The Labute approximate surface area is 160 Å². The van der Waals surface area contributed by atoms with E-state index in [9.17, 15) is 14.4 Å². The Balaban J connectivity index is 1.45. The highest BCUT2D eigenvalue weighted by atomic mass is 32.1. The molecule has 2 aromatic rings. The number of anilines is 2. The van der Waals surface area contributed by atoms with E-state index >= 15 is 0 Å². The molecule has 4 rings (SSSR count). The van der Waals surface area contributed by atoms with Crippen molar-refractivity contribution in [1.29, 1.82) is 0 Å². The maximum absolute atomic E-state index is 12.6. The van der Waals surface area contributed by atoms with Crippen LogP contribution in [-0.4, -0.2) is 35.8 Å². The van der Waals surface area contributed by atoms with Crippen LogP contribution in [0.5, 0.6) is 0 Å². The Bertz CT molecular complexity index is 906. The van der Waals surface area contributed by atoms with Crippen LogP contribution in [0, 0.1) is 12.8 Å². The number of carbonyl (C=O) groups is 3. The summed E-state index contributed by atoms with van der Waals surface area (Å²) in [6, 6.07) is 7.68. The zero-order valence-electron chi connectivity index (χ0n) is 14.9. The van der Waals surface area contributed by atoms with Crippen molar-refractivity contribution in [1.82, 2.24) is 10.3 Å². The maximum Gasteiger partial charge on any atom is 0.263 e. The number of aromatic nitrogens is 1. The first kappa shape index (κ1) is 17.7. The van der Waals surface area contributed by atoms with Gasteiger partial charge < -0.3 is 15.5 Å². The predicted octanol–water partition coefficient (Wildman–Crippen LogP) is 2.12. The SMILES string of the molecule is Cc1ccc(N2CC(C(=O)Nc3nc4c(s3)C(=O)NCCC4)CC2=O)cc1. The van der Waals surface area contributed by atoms with Crippen molar-refractivity contribution in [2.45, 2.75) is 26.2 Å². The molecule has 3 amide bonds. The lowest BCUT2D eigenvalue weighted by Crippen LogP contribution is -2.28. The second kappa shape index (κ2) is 7.11. The number of carbonyl (C=O) groups excluding carboxylic acids is 3. The van der Waals surface area contributed by atoms with Crippen molar-refractivity contribution < 1.29 is 14.4 Å². The summed E-state index contributed by atoms with van der Waals surface area (Å²) >= 11 is 1.19. The third kappa shape index (κ3) is 3.57. The van der Waals surface area contributed by atoms with Crippen molar-refractivity contribution in [2.24, 2.45) is 5.92 Å². The third-order valence-corrected chi connectivity index (χ3v) is 5.86. The number of fused-ring (bicyclic) bond motifs is 1. The number of aryl methyl sites for hydroxylation is 2. The van der Waals surface area contributed by atoms with E-state index in [1.165, 1.54) is 11.3 Å². The summed E-state index contributed by atoms with van der Waals surface area (Å²) in [4.78, 5) is 43.6. The fraction of sp³-hybridized carbons (Fsp3) is 0.368. The Hall–Kier alpha value is -2.74. The monoisotopic (exact) mass is 384 g/mol. The molecule has 0 spiro atoms. The normalized spacial score (nSPS) is 19.4.